The first kappa shape index (κ1) is 22.1. The zero-order valence-electron chi connectivity index (χ0n) is 17.2. The number of benzene rings is 1. The molecule has 1 aliphatic rings. The summed E-state index contributed by atoms with van der Waals surface area (Å²) < 4.78 is 37.8. The van der Waals surface area contributed by atoms with E-state index >= 15 is 0 Å². The molecule has 0 saturated carbocycles. The molecule has 30 heavy (non-hydrogen) atoms. The van der Waals surface area contributed by atoms with E-state index in [1.165, 1.54) is 0 Å². The molecule has 0 spiro atoms. The molecule has 1 unspecified atom stereocenters. The Labute approximate surface area is 178 Å². The van der Waals surface area contributed by atoms with Gasteiger partial charge in [0.2, 0.25) is 5.88 Å². The van der Waals surface area contributed by atoms with E-state index in [9.17, 15) is 13.6 Å². The van der Waals surface area contributed by atoms with Gasteiger partial charge in [0.15, 0.2) is 0 Å². The molecule has 0 saturated heterocycles. The number of aromatic nitrogens is 1. The summed E-state index contributed by atoms with van der Waals surface area (Å²) in [6.07, 6.45) is 1.46. The van der Waals surface area contributed by atoms with E-state index in [0.29, 0.717) is 50.6 Å². The van der Waals surface area contributed by atoms with Crippen molar-refractivity contribution >= 4 is 23.4 Å². The Morgan fingerprint density at radius 2 is 2.00 bits per heavy atom. The van der Waals surface area contributed by atoms with E-state index < -0.39 is 17.6 Å². The number of carbonyl (C=O) groups is 1. The first-order valence-electron chi connectivity index (χ1n) is 9.67. The SMILES string of the molecule is CCOC(=O)C1=C(C)Nc2ccnc(OC(C)C)c2C1c1ccccc1SC(F)F. The zero-order valence-corrected chi connectivity index (χ0v) is 18.1. The summed E-state index contributed by atoms with van der Waals surface area (Å²) in [4.78, 5) is 17.7. The van der Waals surface area contributed by atoms with Crippen molar-refractivity contribution in [2.24, 2.45) is 0 Å². The summed E-state index contributed by atoms with van der Waals surface area (Å²) in [5, 5.41) is 3.23. The summed E-state index contributed by atoms with van der Waals surface area (Å²) >= 11 is 0.452. The molecule has 3 rings (SSSR count). The summed E-state index contributed by atoms with van der Waals surface area (Å²) in [7, 11) is 0. The Morgan fingerprint density at radius 3 is 2.67 bits per heavy atom. The normalized spacial score (nSPS) is 15.8. The van der Waals surface area contributed by atoms with Gasteiger partial charge in [-0.05, 0) is 45.4 Å². The molecule has 1 atom stereocenters. The van der Waals surface area contributed by atoms with Crippen molar-refractivity contribution in [1.29, 1.82) is 0 Å². The molecule has 2 heterocycles. The van der Waals surface area contributed by atoms with Gasteiger partial charge in [-0.15, -0.1) is 0 Å². The first-order chi connectivity index (χ1) is 14.3. The van der Waals surface area contributed by atoms with Crippen LogP contribution in [0.1, 0.15) is 44.7 Å². The summed E-state index contributed by atoms with van der Waals surface area (Å²) in [5.41, 5.74) is 2.88. The van der Waals surface area contributed by atoms with E-state index in [1.807, 2.05) is 13.8 Å². The van der Waals surface area contributed by atoms with Gasteiger partial charge in [-0.25, -0.2) is 9.78 Å². The van der Waals surface area contributed by atoms with Gasteiger partial charge < -0.3 is 14.8 Å². The minimum atomic E-state index is -2.59. The van der Waals surface area contributed by atoms with Crippen LogP contribution in [0, 0.1) is 0 Å². The number of thioether (sulfide) groups is 1. The van der Waals surface area contributed by atoms with Crippen molar-refractivity contribution in [2.75, 3.05) is 11.9 Å². The molecule has 0 aliphatic carbocycles. The number of allylic oxidation sites excluding steroid dienone is 1. The molecule has 1 aromatic carbocycles. The number of rotatable bonds is 7. The van der Waals surface area contributed by atoms with E-state index in [-0.39, 0.29) is 12.7 Å². The molecule has 0 amide bonds. The number of pyridine rings is 1. The lowest BCUT2D eigenvalue weighted by Gasteiger charge is -2.32. The molecule has 0 fully saturated rings. The molecule has 1 aromatic heterocycles. The van der Waals surface area contributed by atoms with Gasteiger partial charge in [-0.1, -0.05) is 30.0 Å². The monoisotopic (exact) mass is 434 g/mol. The van der Waals surface area contributed by atoms with Gasteiger partial charge in [-0.3, -0.25) is 0 Å². The van der Waals surface area contributed by atoms with Gasteiger partial charge >= 0.3 is 5.97 Å². The van der Waals surface area contributed by atoms with Crippen LogP contribution in [0.15, 0.2) is 52.7 Å². The number of alkyl halides is 2. The van der Waals surface area contributed by atoms with Gasteiger partial charge in [0.1, 0.15) is 0 Å². The Morgan fingerprint density at radius 1 is 1.27 bits per heavy atom. The molecule has 1 N–H and O–H groups in total. The number of halogens is 2. The van der Waals surface area contributed by atoms with Crippen molar-refractivity contribution in [3.8, 4) is 5.88 Å². The van der Waals surface area contributed by atoms with Crippen LogP contribution >= 0.6 is 11.8 Å². The van der Waals surface area contributed by atoms with Crippen molar-refractivity contribution in [2.45, 2.75) is 50.4 Å². The van der Waals surface area contributed by atoms with Crippen LogP contribution in [-0.4, -0.2) is 29.4 Å². The first-order valence-corrected chi connectivity index (χ1v) is 10.6. The Bertz CT molecular complexity index is 963. The van der Waals surface area contributed by atoms with Crippen LogP contribution in [0.25, 0.3) is 0 Å². The second-order valence-electron chi connectivity index (χ2n) is 6.98. The molecule has 0 bridgehead atoms. The fourth-order valence-electron chi connectivity index (χ4n) is 3.50. The molecular formula is C22H24F2N2O3S. The number of anilines is 1. The van der Waals surface area contributed by atoms with Gasteiger partial charge in [0.05, 0.1) is 29.8 Å². The van der Waals surface area contributed by atoms with E-state index in [2.05, 4.69) is 10.3 Å². The van der Waals surface area contributed by atoms with Crippen molar-refractivity contribution < 1.29 is 23.0 Å². The highest BCUT2D eigenvalue weighted by Gasteiger charge is 2.37. The lowest BCUT2D eigenvalue weighted by molar-refractivity contribution is -0.138. The standard InChI is InChI=1S/C22H24F2N2O3S/c1-5-28-21(27)17-13(4)26-15-10-11-25-20(29-12(2)3)19(15)18(17)14-8-6-7-9-16(14)30-22(23)24/h6-12,18,22,26H,5H2,1-4H3. The number of hydrogen-bond acceptors (Lipinski definition) is 6. The van der Waals surface area contributed by atoms with E-state index in [4.69, 9.17) is 9.47 Å². The van der Waals surface area contributed by atoms with Crippen molar-refractivity contribution in [3.63, 3.8) is 0 Å². The highest BCUT2D eigenvalue weighted by molar-refractivity contribution is 7.99. The van der Waals surface area contributed by atoms with Crippen LogP contribution in [0.4, 0.5) is 14.5 Å². The fraction of sp³-hybridized carbons (Fsp3) is 0.364. The number of fused-ring (bicyclic) bond motifs is 1. The quantitative estimate of drug-likeness (QED) is 0.454. The van der Waals surface area contributed by atoms with E-state index in [1.54, 1.807) is 50.4 Å². The van der Waals surface area contributed by atoms with Crippen molar-refractivity contribution in [3.05, 3.63) is 58.9 Å². The topological polar surface area (TPSA) is 60.5 Å². The largest absolute Gasteiger partial charge is 0.475 e. The highest BCUT2D eigenvalue weighted by atomic mass is 32.2. The second-order valence-corrected chi connectivity index (χ2v) is 8.01. The molecule has 160 valence electrons. The van der Waals surface area contributed by atoms with Crippen molar-refractivity contribution in [1.82, 2.24) is 4.98 Å². The average molecular weight is 435 g/mol. The summed E-state index contributed by atoms with van der Waals surface area (Å²) in [6.45, 7) is 7.45. The predicted octanol–water partition coefficient (Wildman–Crippen LogP) is 5.58. The molecule has 2 aromatic rings. The van der Waals surface area contributed by atoms with Crippen LogP contribution in [0.2, 0.25) is 0 Å². The number of nitrogens with zero attached hydrogens (tertiary/aromatic N) is 1. The molecule has 1 aliphatic heterocycles. The zero-order chi connectivity index (χ0) is 21.8. The smallest absolute Gasteiger partial charge is 0.336 e. The Kier molecular flexibility index (Phi) is 6.97. The molecule has 0 radical (unpaired) electrons. The lowest BCUT2D eigenvalue weighted by atomic mass is 9.81. The number of esters is 1. The van der Waals surface area contributed by atoms with Gasteiger partial charge in [-0.2, -0.15) is 8.78 Å². The fourth-order valence-corrected chi connectivity index (χ4v) is 4.17. The van der Waals surface area contributed by atoms with Crippen LogP contribution in [-0.2, 0) is 9.53 Å². The minimum absolute atomic E-state index is 0.159. The number of hydrogen-bond donors (Lipinski definition) is 1. The Balaban J connectivity index is 2.27. The van der Waals surface area contributed by atoms with E-state index in [0.717, 1.165) is 0 Å². The van der Waals surface area contributed by atoms with Crippen LogP contribution < -0.4 is 10.1 Å². The summed E-state index contributed by atoms with van der Waals surface area (Å²) in [5.74, 6) is -3.41. The third kappa shape index (κ3) is 4.59. The maximum absolute atomic E-state index is 13.3. The number of ether oxygens (including phenoxy) is 2. The summed E-state index contributed by atoms with van der Waals surface area (Å²) in [6, 6.07) is 8.63. The maximum atomic E-state index is 13.3. The Hall–Kier alpha value is -2.61. The third-order valence-electron chi connectivity index (χ3n) is 4.55. The average Bonchev–Trinajstić information content (AvgIpc) is 2.67. The van der Waals surface area contributed by atoms with Crippen LogP contribution in [0.5, 0.6) is 5.88 Å². The predicted molar refractivity (Wildman–Crippen MR) is 113 cm³/mol. The number of nitrogens with one attached hydrogen (secondary N) is 1. The minimum Gasteiger partial charge on any atom is -0.475 e. The van der Waals surface area contributed by atoms with Gasteiger partial charge in [0.25, 0.3) is 5.76 Å². The number of carbonyl (C=O) groups excluding carboxylic acids is 1. The highest BCUT2D eigenvalue weighted by Crippen LogP contribution is 2.48. The maximum Gasteiger partial charge on any atom is 0.336 e. The second kappa shape index (κ2) is 9.47. The molecule has 5 nitrogen and oxygen atoms in total. The lowest BCUT2D eigenvalue weighted by Crippen LogP contribution is -2.26. The molecular weight excluding hydrogens is 410 g/mol. The third-order valence-corrected chi connectivity index (χ3v) is 5.35. The molecule has 8 heteroatoms. The van der Waals surface area contributed by atoms with Gasteiger partial charge in [0, 0.05) is 22.5 Å². The van der Waals surface area contributed by atoms with Crippen LogP contribution in [0.3, 0.4) is 0 Å².